The number of pyridine rings is 3. The van der Waals surface area contributed by atoms with Crippen molar-refractivity contribution in [2.45, 2.75) is 45.9 Å². The number of carbonyl (C=O) groups excluding carboxylic acids is 1. The number of nitriles is 1. The second-order valence-corrected chi connectivity index (χ2v) is 14.5. The minimum absolute atomic E-state index is 0.0747. The van der Waals surface area contributed by atoms with E-state index in [2.05, 4.69) is 37.2 Å². The van der Waals surface area contributed by atoms with E-state index in [1.54, 1.807) is 24.5 Å². The summed E-state index contributed by atoms with van der Waals surface area (Å²) in [7, 11) is 0. The lowest BCUT2D eigenvalue weighted by atomic mass is 10.0. The molecule has 55 heavy (non-hydrogen) atoms. The van der Waals surface area contributed by atoms with Crippen LogP contribution in [-0.2, 0) is 27.4 Å². The molecule has 0 amide bonds. The molecule has 0 spiro atoms. The maximum absolute atomic E-state index is 11.5. The highest BCUT2D eigenvalue weighted by atomic mass is 35.5. The number of likely N-dealkylation sites (tertiary alicyclic amines) is 2. The summed E-state index contributed by atoms with van der Waals surface area (Å²) in [6, 6.07) is 17.5. The van der Waals surface area contributed by atoms with Gasteiger partial charge in [-0.2, -0.15) is 5.26 Å². The molecule has 0 bridgehead atoms. The normalized spacial score (nSPS) is 17.5. The Morgan fingerprint density at radius 3 is 2.62 bits per heavy atom. The molecule has 0 unspecified atom stereocenters. The van der Waals surface area contributed by atoms with E-state index in [-0.39, 0.29) is 18.0 Å². The molecule has 6 aromatic rings. The molecule has 2 atom stereocenters. The van der Waals surface area contributed by atoms with E-state index in [9.17, 15) is 20.0 Å². The van der Waals surface area contributed by atoms with E-state index in [1.165, 1.54) is 6.92 Å². The summed E-state index contributed by atoms with van der Waals surface area (Å²) in [5.41, 5.74) is 7.42. The Hall–Kier alpha value is -5.94. The van der Waals surface area contributed by atoms with E-state index in [1.807, 2.05) is 43.5 Å². The molecule has 0 aliphatic carbocycles. The number of esters is 1. The quantitative estimate of drug-likeness (QED) is 0.136. The molecule has 13 nitrogen and oxygen atoms in total. The van der Waals surface area contributed by atoms with Crippen LogP contribution in [0.4, 0.5) is 11.5 Å². The molecule has 6 heterocycles. The predicted molar refractivity (Wildman–Crippen MR) is 206 cm³/mol. The largest absolute Gasteiger partial charge is 0.481 e. The van der Waals surface area contributed by atoms with Crippen LogP contribution in [0.2, 0.25) is 5.02 Å². The summed E-state index contributed by atoms with van der Waals surface area (Å²) < 4.78 is 11.6. The molecule has 14 heteroatoms. The molecule has 0 radical (unpaired) electrons. The van der Waals surface area contributed by atoms with E-state index in [4.69, 9.17) is 30.7 Å². The number of carboxylic acid groups (broad SMARTS) is 1. The molecule has 0 saturated carbocycles. The van der Waals surface area contributed by atoms with Gasteiger partial charge in [-0.15, -0.1) is 0 Å². The summed E-state index contributed by atoms with van der Waals surface area (Å²) >= 11 is 7.08. The van der Waals surface area contributed by atoms with Gasteiger partial charge in [0.05, 0.1) is 27.8 Å². The predicted octanol–water partition coefficient (Wildman–Crippen LogP) is 7.12. The van der Waals surface area contributed by atoms with Crippen LogP contribution in [0.15, 0.2) is 71.5 Å². The van der Waals surface area contributed by atoms with Crippen molar-refractivity contribution in [2.24, 2.45) is 5.92 Å². The van der Waals surface area contributed by atoms with Crippen LogP contribution < -0.4 is 5.32 Å². The van der Waals surface area contributed by atoms with Gasteiger partial charge >= 0.3 is 11.9 Å². The Morgan fingerprint density at radius 1 is 1.02 bits per heavy atom. The Bertz CT molecular complexity index is 2520. The van der Waals surface area contributed by atoms with Crippen LogP contribution in [0.25, 0.3) is 44.7 Å². The number of nitrogens with one attached hydrogen (secondary N) is 1. The maximum atomic E-state index is 11.5. The second-order valence-electron chi connectivity index (χ2n) is 14.1. The third-order valence-electron chi connectivity index (χ3n) is 10.3. The van der Waals surface area contributed by atoms with Gasteiger partial charge in [-0.1, -0.05) is 23.7 Å². The number of nitrogens with zero attached hydrogens (tertiary/aromatic N) is 7. The summed E-state index contributed by atoms with van der Waals surface area (Å²) in [4.78, 5) is 46.0. The van der Waals surface area contributed by atoms with Gasteiger partial charge in [-0.25, -0.2) is 9.97 Å². The number of carboxylic acids is 1. The highest BCUT2D eigenvalue weighted by Gasteiger charge is 2.29. The lowest BCUT2D eigenvalue weighted by Crippen LogP contribution is -2.24. The van der Waals surface area contributed by atoms with Crippen LogP contribution in [0, 0.1) is 24.2 Å². The fourth-order valence-electron chi connectivity index (χ4n) is 7.58. The van der Waals surface area contributed by atoms with Gasteiger partial charge in [0.1, 0.15) is 23.2 Å². The summed E-state index contributed by atoms with van der Waals surface area (Å²) in [5, 5.41) is 24.2. The first-order valence-corrected chi connectivity index (χ1v) is 18.4. The van der Waals surface area contributed by atoms with Crippen molar-refractivity contribution >= 4 is 57.0 Å². The number of fused-ring (bicyclic) bond motifs is 2. The Balaban J connectivity index is 1.04. The number of aliphatic carboxylic acids is 1. The zero-order chi connectivity index (χ0) is 38.2. The van der Waals surface area contributed by atoms with Crippen LogP contribution in [0.1, 0.15) is 42.0 Å². The molecule has 2 aromatic carbocycles. The van der Waals surface area contributed by atoms with Crippen molar-refractivity contribution in [3.63, 3.8) is 0 Å². The van der Waals surface area contributed by atoms with Crippen molar-refractivity contribution in [3.8, 4) is 28.8 Å². The fourth-order valence-corrected chi connectivity index (χ4v) is 7.88. The number of halogens is 1. The lowest BCUT2D eigenvalue weighted by Gasteiger charge is -2.17. The van der Waals surface area contributed by atoms with E-state index >= 15 is 0 Å². The average molecular weight is 757 g/mol. The SMILES string of the molecule is CC(=O)O[C@@H]1CCN(Cc2cnc3c(Nc4cccc(-c5nccc(-c6nc7cc(CN8CC[C@@H](C(=O)O)C8)cc(C#N)c7o6)c5Cl)c4C)nccc3c2)C1. The zero-order valence-corrected chi connectivity index (χ0v) is 31.0. The summed E-state index contributed by atoms with van der Waals surface area (Å²) in [5.74, 6) is -0.557. The molecule has 2 N–H and O–H groups in total. The van der Waals surface area contributed by atoms with Crippen molar-refractivity contribution in [3.05, 3.63) is 94.4 Å². The standard InChI is InChI=1S/C41H37ClN8O5/c1-23-31(4-3-5-33(23)47-39-36-27(6-10-45-39)15-26(18-46-36)20-50-13-9-30(22-50)54-24(2)51)37-35(42)32(7-11-44-37)40-48-34-16-25(14-29(17-43)38(34)55-40)19-49-12-8-28(21-49)41(52)53/h3-7,10-11,14-16,18,28,30H,8-9,12-13,19-22H2,1-2H3,(H,45,47)(H,52,53)/t28-,30-/m1/s1. The summed E-state index contributed by atoms with van der Waals surface area (Å²) in [6.07, 6.45) is 6.62. The third kappa shape index (κ3) is 7.44. The van der Waals surface area contributed by atoms with Gasteiger partial charge in [0.15, 0.2) is 11.4 Å². The molecular weight excluding hydrogens is 720 g/mol. The molecule has 2 fully saturated rings. The zero-order valence-electron chi connectivity index (χ0n) is 30.3. The Morgan fingerprint density at radius 2 is 1.82 bits per heavy atom. The molecular formula is C41H37ClN8O5. The fraction of sp³-hybridized carbons (Fsp3) is 0.293. The number of aromatic nitrogens is 4. The number of carbonyl (C=O) groups is 2. The number of rotatable bonds is 10. The van der Waals surface area contributed by atoms with Crippen LogP contribution in [-0.4, -0.2) is 79.1 Å². The second kappa shape index (κ2) is 15.1. The van der Waals surface area contributed by atoms with Gasteiger partial charge in [0, 0.05) is 74.9 Å². The smallest absolute Gasteiger partial charge is 0.307 e. The first-order valence-electron chi connectivity index (χ1n) is 18.1. The molecule has 2 aliphatic rings. The minimum atomic E-state index is -0.787. The molecule has 4 aromatic heterocycles. The number of hydrogen-bond donors (Lipinski definition) is 2. The van der Waals surface area contributed by atoms with Crippen molar-refractivity contribution in [1.29, 1.82) is 5.26 Å². The summed E-state index contributed by atoms with van der Waals surface area (Å²) in [6.45, 7) is 7.33. The van der Waals surface area contributed by atoms with Crippen LogP contribution in [0.5, 0.6) is 0 Å². The van der Waals surface area contributed by atoms with Gasteiger partial charge in [-0.05, 0) is 79.4 Å². The number of ether oxygens (including phenoxy) is 1. The van der Waals surface area contributed by atoms with Crippen LogP contribution in [0.3, 0.4) is 0 Å². The lowest BCUT2D eigenvalue weighted by molar-refractivity contribution is -0.145. The van der Waals surface area contributed by atoms with E-state index < -0.39 is 11.9 Å². The van der Waals surface area contributed by atoms with E-state index in [0.717, 1.165) is 51.8 Å². The minimum Gasteiger partial charge on any atom is -0.481 e. The highest BCUT2D eigenvalue weighted by molar-refractivity contribution is 6.35. The molecule has 2 saturated heterocycles. The highest BCUT2D eigenvalue weighted by Crippen LogP contribution is 2.39. The van der Waals surface area contributed by atoms with E-state index in [0.29, 0.717) is 77.9 Å². The van der Waals surface area contributed by atoms with Crippen molar-refractivity contribution in [1.82, 2.24) is 29.7 Å². The van der Waals surface area contributed by atoms with Gasteiger partial charge in [0.25, 0.3) is 0 Å². The van der Waals surface area contributed by atoms with Gasteiger partial charge < -0.3 is 19.6 Å². The van der Waals surface area contributed by atoms with Gasteiger partial charge in [0.2, 0.25) is 5.89 Å². The topological polar surface area (TPSA) is 171 Å². The van der Waals surface area contributed by atoms with Gasteiger partial charge in [-0.3, -0.25) is 29.4 Å². The Labute approximate surface area is 321 Å². The Kier molecular flexibility index (Phi) is 9.87. The third-order valence-corrected chi connectivity index (χ3v) is 10.7. The first-order chi connectivity index (χ1) is 26.6. The molecule has 8 rings (SSSR count). The number of benzene rings is 2. The molecule has 2 aliphatic heterocycles. The maximum Gasteiger partial charge on any atom is 0.307 e. The van der Waals surface area contributed by atoms with Crippen LogP contribution >= 0.6 is 11.6 Å². The van der Waals surface area contributed by atoms with Crippen molar-refractivity contribution in [2.75, 3.05) is 31.5 Å². The monoisotopic (exact) mass is 756 g/mol. The number of oxazole rings is 1. The number of anilines is 2. The first kappa shape index (κ1) is 36.1. The van der Waals surface area contributed by atoms with Crippen molar-refractivity contribution < 1.29 is 23.8 Å². The molecule has 278 valence electrons. The average Bonchev–Trinajstić information content (AvgIpc) is 3.93. The number of hydrogen-bond acceptors (Lipinski definition) is 12.